The van der Waals surface area contributed by atoms with Crippen LogP contribution in [-0.4, -0.2) is 17.6 Å². The summed E-state index contributed by atoms with van der Waals surface area (Å²) in [7, 11) is 0. The number of nitrogens with one attached hydrogen (secondary N) is 2. The van der Waals surface area contributed by atoms with Crippen molar-refractivity contribution in [3.63, 3.8) is 0 Å². The van der Waals surface area contributed by atoms with Crippen LogP contribution in [0.3, 0.4) is 0 Å². The number of para-hydroxylation sites is 1. The van der Waals surface area contributed by atoms with Gasteiger partial charge in [0.15, 0.2) is 0 Å². The molecule has 0 aliphatic carbocycles. The number of anilines is 2. The molecule has 2 aromatic carbocycles. The highest BCUT2D eigenvalue weighted by atomic mass is 79.9. The SMILES string of the molecule is O=C(Nc1ccc(Br)cc1)C(=O)[C@@H]1C(=O)Nc2ccccc21. The second kappa shape index (κ2) is 5.73. The highest BCUT2D eigenvalue weighted by molar-refractivity contribution is 9.10. The highest BCUT2D eigenvalue weighted by Gasteiger charge is 2.39. The van der Waals surface area contributed by atoms with Gasteiger partial charge >= 0.3 is 0 Å². The molecule has 22 heavy (non-hydrogen) atoms. The number of hydrogen-bond donors (Lipinski definition) is 2. The Morgan fingerprint density at radius 1 is 1.05 bits per heavy atom. The summed E-state index contributed by atoms with van der Waals surface area (Å²) in [6, 6.07) is 13.7. The van der Waals surface area contributed by atoms with Crippen LogP contribution in [0.25, 0.3) is 0 Å². The number of Topliss-reactive ketones (excluding diaryl/α,β-unsaturated/α-hetero) is 1. The lowest BCUT2D eigenvalue weighted by Gasteiger charge is -2.08. The average molecular weight is 359 g/mol. The Morgan fingerprint density at radius 3 is 2.45 bits per heavy atom. The number of ketones is 1. The lowest BCUT2D eigenvalue weighted by atomic mass is 9.95. The molecule has 0 spiro atoms. The van der Waals surface area contributed by atoms with Crippen LogP contribution in [-0.2, 0) is 14.4 Å². The van der Waals surface area contributed by atoms with E-state index in [1.54, 1.807) is 48.5 Å². The van der Waals surface area contributed by atoms with Gasteiger partial charge in [-0.25, -0.2) is 0 Å². The molecule has 5 nitrogen and oxygen atoms in total. The fraction of sp³-hybridized carbons (Fsp3) is 0.0625. The van der Waals surface area contributed by atoms with Crippen molar-refractivity contribution in [2.24, 2.45) is 0 Å². The number of benzene rings is 2. The first kappa shape index (κ1) is 14.5. The molecule has 6 heteroatoms. The number of amides is 2. The largest absolute Gasteiger partial charge is 0.325 e. The lowest BCUT2D eigenvalue weighted by Crippen LogP contribution is -2.31. The van der Waals surface area contributed by atoms with Crippen molar-refractivity contribution in [2.45, 2.75) is 5.92 Å². The molecule has 0 aromatic heterocycles. The van der Waals surface area contributed by atoms with Gasteiger partial charge < -0.3 is 10.6 Å². The van der Waals surface area contributed by atoms with Crippen molar-refractivity contribution in [3.8, 4) is 0 Å². The van der Waals surface area contributed by atoms with E-state index in [9.17, 15) is 14.4 Å². The van der Waals surface area contributed by atoms with Crippen LogP contribution in [0.5, 0.6) is 0 Å². The molecular formula is C16H11BrN2O3. The molecule has 0 saturated heterocycles. The summed E-state index contributed by atoms with van der Waals surface area (Å²) < 4.78 is 0.862. The first-order chi connectivity index (χ1) is 10.6. The molecule has 110 valence electrons. The highest BCUT2D eigenvalue weighted by Crippen LogP contribution is 2.32. The van der Waals surface area contributed by atoms with Gasteiger partial charge in [0.2, 0.25) is 11.7 Å². The Morgan fingerprint density at radius 2 is 1.73 bits per heavy atom. The maximum atomic E-state index is 12.3. The van der Waals surface area contributed by atoms with Gasteiger partial charge in [0.1, 0.15) is 5.92 Å². The molecule has 0 unspecified atom stereocenters. The summed E-state index contributed by atoms with van der Waals surface area (Å²) in [5.74, 6) is -3.15. The minimum atomic E-state index is -1.09. The molecule has 0 fully saturated rings. The maximum Gasteiger partial charge on any atom is 0.292 e. The van der Waals surface area contributed by atoms with E-state index in [1.807, 2.05) is 0 Å². The van der Waals surface area contributed by atoms with E-state index in [-0.39, 0.29) is 0 Å². The van der Waals surface area contributed by atoms with Crippen LogP contribution in [0.1, 0.15) is 11.5 Å². The van der Waals surface area contributed by atoms with Gasteiger partial charge in [-0.3, -0.25) is 14.4 Å². The van der Waals surface area contributed by atoms with Gasteiger partial charge in [0.25, 0.3) is 5.91 Å². The van der Waals surface area contributed by atoms with Crippen LogP contribution in [0.2, 0.25) is 0 Å². The fourth-order valence-electron chi connectivity index (χ4n) is 2.33. The van der Waals surface area contributed by atoms with Crippen molar-refractivity contribution < 1.29 is 14.4 Å². The van der Waals surface area contributed by atoms with Crippen molar-refractivity contribution in [2.75, 3.05) is 10.6 Å². The number of fused-ring (bicyclic) bond motifs is 1. The third kappa shape index (κ3) is 2.65. The van der Waals surface area contributed by atoms with E-state index in [0.29, 0.717) is 16.9 Å². The Labute approximate surface area is 134 Å². The normalized spacial score (nSPS) is 15.9. The second-order valence-corrected chi connectivity index (χ2v) is 5.75. The van der Waals surface area contributed by atoms with E-state index in [0.717, 1.165) is 4.47 Å². The zero-order chi connectivity index (χ0) is 15.7. The summed E-state index contributed by atoms with van der Waals surface area (Å²) in [5, 5.41) is 5.12. The smallest absolute Gasteiger partial charge is 0.292 e. The van der Waals surface area contributed by atoms with Gasteiger partial charge in [-0.05, 0) is 35.9 Å². The van der Waals surface area contributed by atoms with Crippen molar-refractivity contribution in [3.05, 3.63) is 58.6 Å². The van der Waals surface area contributed by atoms with E-state index < -0.39 is 23.5 Å². The van der Waals surface area contributed by atoms with Crippen LogP contribution < -0.4 is 10.6 Å². The Hall–Kier alpha value is -2.47. The van der Waals surface area contributed by atoms with Crippen molar-refractivity contribution >= 4 is 44.9 Å². The van der Waals surface area contributed by atoms with E-state index >= 15 is 0 Å². The van der Waals surface area contributed by atoms with E-state index in [4.69, 9.17) is 0 Å². The summed E-state index contributed by atoms with van der Waals surface area (Å²) in [5.41, 5.74) is 1.60. The molecule has 1 aliphatic rings. The molecule has 1 atom stereocenters. The molecule has 0 saturated carbocycles. The van der Waals surface area contributed by atoms with Gasteiger partial charge in [0.05, 0.1) is 0 Å². The zero-order valence-electron chi connectivity index (χ0n) is 11.3. The molecule has 1 heterocycles. The molecule has 2 N–H and O–H groups in total. The van der Waals surface area contributed by atoms with Gasteiger partial charge in [-0.15, -0.1) is 0 Å². The molecule has 2 aromatic rings. The summed E-state index contributed by atoms with van der Waals surface area (Å²) in [4.78, 5) is 36.4. The number of carbonyl (C=O) groups excluding carboxylic acids is 3. The number of halogens is 1. The monoisotopic (exact) mass is 358 g/mol. The molecule has 0 radical (unpaired) electrons. The van der Waals surface area contributed by atoms with Crippen LogP contribution in [0.4, 0.5) is 11.4 Å². The average Bonchev–Trinajstić information content (AvgIpc) is 2.84. The third-order valence-electron chi connectivity index (χ3n) is 3.38. The van der Waals surface area contributed by atoms with Crippen molar-refractivity contribution in [1.29, 1.82) is 0 Å². The Balaban J connectivity index is 1.80. The maximum absolute atomic E-state index is 12.3. The minimum absolute atomic E-state index is 0.475. The topological polar surface area (TPSA) is 75.3 Å². The minimum Gasteiger partial charge on any atom is -0.325 e. The van der Waals surface area contributed by atoms with Gasteiger partial charge in [0, 0.05) is 15.8 Å². The quantitative estimate of drug-likeness (QED) is 0.654. The second-order valence-electron chi connectivity index (χ2n) is 4.83. The summed E-state index contributed by atoms with van der Waals surface area (Å²) in [6.45, 7) is 0. The first-order valence-electron chi connectivity index (χ1n) is 6.57. The Bertz CT molecular complexity index is 771. The molecule has 0 bridgehead atoms. The van der Waals surface area contributed by atoms with Crippen LogP contribution in [0, 0.1) is 0 Å². The first-order valence-corrected chi connectivity index (χ1v) is 7.36. The summed E-state index contributed by atoms with van der Waals surface area (Å²) in [6.07, 6.45) is 0. The molecule has 2 amide bonds. The van der Waals surface area contributed by atoms with Gasteiger partial charge in [-0.1, -0.05) is 34.1 Å². The molecule has 1 aliphatic heterocycles. The third-order valence-corrected chi connectivity index (χ3v) is 3.91. The number of carbonyl (C=O) groups is 3. The molecular weight excluding hydrogens is 348 g/mol. The van der Waals surface area contributed by atoms with Crippen LogP contribution >= 0.6 is 15.9 Å². The van der Waals surface area contributed by atoms with E-state index in [2.05, 4.69) is 26.6 Å². The lowest BCUT2D eigenvalue weighted by molar-refractivity contribution is -0.138. The van der Waals surface area contributed by atoms with Crippen molar-refractivity contribution in [1.82, 2.24) is 0 Å². The zero-order valence-corrected chi connectivity index (χ0v) is 12.9. The van der Waals surface area contributed by atoms with Gasteiger partial charge in [-0.2, -0.15) is 0 Å². The fourth-order valence-corrected chi connectivity index (χ4v) is 2.59. The van der Waals surface area contributed by atoms with E-state index in [1.165, 1.54) is 0 Å². The standard InChI is InChI=1S/C16H11BrN2O3/c17-9-5-7-10(8-6-9)18-16(22)14(20)13-11-3-1-2-4-12(11)19-15(13)21/h1-8,13H,(H,18,22)(H,19,21)/t13-/m1/s1. The Kier molecular flexibility index (Phi) is 3.77. The predicted molar refractivity (Wildman–Crippen MR) is 85.6 cm³/mol. The predicted octanol–water partition coefficient (Wildman–Crippen LogP) is 2.69. The summed E-state index contributed by atoms with van der Waals surface area (Å²) >= 11 is 3.29. The molecule has 3 rings (SSSR count). The number of rotatable bonds is 3. The number of hydrogen-bond acceptors (Lipinski definition) is 3. The van der Waals surface area contributed by atoms with Crippen LogP contribution in [0.15, 0.2) is 53.0 Å².